The van der Waals surface area contributed by atoms with E-state index in [4.69, 9.17) is 5.26 Å². The lowest BCUT2D eigenvalue weighted by Gasteiger charge is -2.24. The Hall–Kier alpha value is -3.55. The minimum Gasteiger partial charge on any atom is -0.392 e. The molecule has 0 heterocycles. The molecule has 0 unspecified atom stereocenters. The summed E-state index contributed by atoms with van der Waals surface area (Å²) in [5, 5.41) is 33.1. The maximum Gasteiger partial charge on any atom is 0.240 e. The first-order valence-electron chi connectivity index (χ1n) is 12.0. The molecular weight excluding hydrogens is 490 g/mol. The molecule has 0 spiro atoms. The quantitative estimate of drug-likeness (QED) is 0.324. The lowest BCUT2D eigenvalue weighted by atomic mass is 9.92. The second-order valence-electron chi connectivity index (χ2n) is 9.22. The van der Waals surface area contributed by atoms with Gasteiger partial charge in [0.05, 0.1) is 34.8 Å². The number of hydrogen-bond donors (Lipinski definition) is 4. The molecule has 0 radical (unpaired) electrons. The van der Waals surface area contributed by atoms with Crippen LogP contribution in [0.2, 0.25) is 0 Å². The largest absolute Gasteiger partial charge is 0.392 e. The minimum atomic E-state index is -3.91. The number of hydrogen-bond acceptors (Lipinski definition) is 6. The zero-order valence-corrected chi connectivity index (χ0v) is 20.9. The minimum absolute atomic E-state index is 0.0150. The average molecular weight is 520 g/mol. The van der Waals surface area contributed by atoms with E-state index in [0.717, 1.165) is 16.7 Å². The molecule has 9 heteroatoms. The van der Waals surface area contributed by atoms with Gasteiger partial charge in [-0.1, -0.05) is 54.6 Å². The van der Waals surface area contributed by atoms with Gasteiger partial charge in [0.15, 0.2) is 0 Å². The number of amides is 1. The summed E-state index contributed by atoms with van der Waals surface area (Å²) < 4.78 is 27.6. The number of aliphatic hydroxyl groups excluding tert-OH is 2. The van der Waals surface area contributed by atoms with E-state index in [1.54, 1.807) is 0 Å². The highest BCUT2D eigenvalue weighted by atomic mass is 32.2. The summed E-state index contributed by atoms with van der Waals surface area (Å²) in [6.07, 6.45) is -1.07. The third-order valence-electron chi connectivity index (χ3n) is 6.56. The Labute approximate surface area is 216 Å². The third-order valence-corrected chi connectivity index (χ3v) is 8.00. The third kappa shape index (κ3) is 6.61. The summed E-state index contributed by atoms with van der Waals surface area (Å²) in [6, 6.07) is 23.8. The Morgan fingerprint density at radius 1 is 1.03 bits per heavy atom. The van der Waals surface area contributed by atoms with Gasteiger partial charge in [-0.15, -0.1) is 0 Å². The van der Waals surface area contributed by atoms with Crippen molar-refractivity contribution in [3.8, 4) is 6.07 Å². The predicted octanol–water partition coefficient (Wildman–Crippen LogP) is 2.22. The topological polar surface area (TPSA) is 140 Å². The van der Waals surface area contributed by atoms with E-state index in [9.17, 15) is 23.4 Å². The predicted molar refractivity (Wildman–Crippen MR) is 138 cm³/mol. The first-order valence-corrected chi connectivity index (χ1v) is 13.5. The molecule has 0 fully saturated rings. The Morgan fingerprint density at radius 3 is 2.41 bits per heavy atom. The van der Waals surface area contributed by atoms with Crippen LogP contribution in [0.4, 0.5) is 0 Å². The number of carbonyl (C=O) groups is 1. The van der Waals surface area contributed by atoms with Crippen LogP contribution < -0.4 is 10.0 Å². The summed E-state index contributed by atoms with van der Waals surface area (Å²) in [5.41, 5.74) is 3.10. The SMILES string of the molecule is N#Cc1ccc(S(=O)(=O)NC[C@@H](O)C[C@@H](Cc2ccccc2)C(=O)N[C@H]2c3ccccc3C[C@H]2O)cc1. The summed E-state index contributed by atoms with van der Waals surface area (Å²) in [6.45, 7) is -0.282. The van der Waals surface area contributed by atoms with Crippen LogP contribution in [-0.4, -0.2) is 43.3 Å². The lowest BCUT2D eigenvalue weighted by Crippen LogP contribution is -2.41. The van der Waals surface area contributed by atoms with E-state index in [-0.39, 0.29) is 23.8 Å². The van der Waals surface area contributed by atoms with E-state index in [2.05, 4.69) is 10.0 Å². The highest BCUT2D eigenvalue weighted by molar-refractivity contribution is 7.89. The van der Waals surface area contributed by atoms with Crippen molar-refractivity contribution in [2.75, 3.05) is 6.54 Å². The molecule has 0 saturated heterocycles. The van der Waals surface area contributed by atoms with Crippen LogP contribution >= 0.6 is 0 Å². The maximum atomic E-state index is 13.4. The first-order chi connectivity index (χ1) is 17.8. The van der Waals surface area contributed by atoms with Crippen molar-refractivity contribution in [2.45, 2.75) is 42.4 Å². The molecule has 4 rings (SSSR count). The summed E-state index contributed by atoms with van der Waals surface area (Å²) in [7, 11) is -3.91. The smallest absolute Gasteiger partial charge is 0.240 e. The number of rotatable bonds is 10. The molecular formula is C28H29N3O5S. The second-order valence-corrected chi connectivity index (χ2v) is 11.0. The van der Waals surface area contributed by atoms with E-state index in [0.29, 0.717) is 18.4 Å². The van der Waals surface area contributed by atoms with Gasteiger partial charge in [0.2, 0.25) is 15.9 Å². The Morgan fingerprint density at radius 2 is 1.70 bits per heavy atom. The molecule has 3 aromatic carbocycles. The fourth-order valence-electron chi connectivity index (χ4n) is 4.61. The van der Waals surface area contributed by atoms with Crippen LogP contribution in [0.3, 0.4) is 0 Å². The molecule has 3 aromatic rings. The number of nitrogens with zero attached hydrogens (tertiary/aromatic N) is 1. The van der Waals surface area contributed by atoms with E-state index in [1.807, 2.05) is 60.7 Å². The number of fused-ring (bicyclic) bond motifs is 1. The zero-order valence-electron chi connectivity index (χ0n) is 20.1. The molecule has 0 aliphatic heterocycles. The maximum absolute atomic E-state index is 13.4. The monoisotopic (exact) mass is 519 g/mol. The van der Waals surface area contributed by atoms with Crippen LogP contribution in [-0.2, 0) is 27.7 Å². The molecule has 8 nitrogen and oxygen atoms in total. The molecule has 4 atom stereocenters. The first kappa shape index (κ1) is 26.5. The van der Waals surface area contributed by atoms with Gasteiger partial charge < -0.3 is 15.5 Å². The van der Waals surface area contributed by atoms with Crippen molar-refractivity contribution < 1.29 is 23.4 Å². The molecule has 4 N–H and O–H groups in total. The molecule has 0 aromatic heterocycles. The van der Waals surface area contributed by atoms with Gasteiger partial charge in [-0.3, -0.25) is 4.79 Å². The van der Waals surface area contributed by atoms with E-state index >= 15 is 0 Å². The van der Waals surface area contributed by atoms with Gasteiger partial charge in [-0.25, -0.2) is 13.1 Å². The Bertz CT molecular complexity index is 1370. The highest BCUT2D eigenvalue weighted by Crippen LogP contribution is 2.32. The van der Waals surface area contributed by atoms with Crippen molar-refractivity contribution in [3.63, 3.8) is 0 Å². The van der Waals surface area contributed by atoms with Crippen LogP contribution in [0.1, 0.15) is 34.7 Å². The number of sulfonamides is 1. The van der Waals surface area contributed by atoms with Crippen LogP contribution in [0.25, 0.3) is 0 Å². The number of nitriles is 1. The molecule has 37 heavy (non-hydrogen) atoms. The van der Waals surface area contributed by atoms with Gasteiger partial charge >= 0.3 is 0 Å². The van der Waals surface area contributed by atoms with Gasteiger partial charge in [-0.2, -0.15) is 5.26 Å². The van der Waals surface area contributed by atoms with Gasteiger partial charge in [0.1, 0.15) is 0 Å². The molecule has 192 valence electrons. The van der Waals surface area contributed by atoms with Crippen molar-refractivity contribution >= 4 is 15.9 Å². The molecule has 0 saturated carbocycles. The fraction of sp³-hybridized carbons (Fsp3) is 0.286. The average Bonchev–Trinajstić information content (AvgIpc) is 3.22. The van der Waals surface area contributed by atoms with Crippen molar-refractivity contribution in [1.82, 2.24) is 10.0 Å². The molecule has 0 bridgehead atoms. The van der Waals surface area contributed by atoms with Crippen molar-refractivity contribution in [3.05, 3.63) is 101 Å². The molecule has 1 aliphatic carbocycles. The Balaban J connectivity index is 1.44. The second kappa shape index (κ2) is 11.7. The summed E-state index contributed by atoms with van der Waals surface area (Å²) >= 11 is 0. The van der Waals surface area contributed by atoms with Gasteiger partial charge in [0, 0.05) is 18.9 Å². The van der Waals surface area contributed by atoms with Crippen LogP contribution in [0, 0.1) is 17.2 Å². The molecule has 1 amide bonds. The van der Waals surface area contributed by atoms with E-state index in [1.165, 1.54) is 24.3 Å². The van der Waals surface area contributed by atoms with Gasteiger partial charge in [0.25, 0.3) is 0 Å². The van der Waals surface area contributed by atoms with Crippen molar-refractivity contribution in [2.24, 2.45) is 5.92 Å². The fourth-order valence-corrected chi connectivity index (χ4v) is 5.68. The van der Waals surface area contributed by atoms with E-state index < -0.39 is 34.2 Å². The van der Waals surface area contributed by atoms with Crippen molar-refractivity contribution in [1.29, 1.82) is 5.26 Å². The number of nitrogens with one attached hydrogen (secondary N) is 2. The van der Waals surface area contributed by atoms with Gasteiger partial charge in [-0.05, 0) is 53.8 Å². The normalized spacial score (nSPS) is 18.4. The summed E-state index contributed by atoms with van der Waals surface area (Å²) in [4.78, 5) is 13.4. The number of aliphatic hydroxyl groups is 2. The van der Waals surface area contributed by atoms with Crippen LogP contribution in [0.5, 0.6) is 0 Å². The summed E-state index contributed by atoms with van der Waals surface area (Å²) in [5.74, 6) is -0.976. The standard InChI is InChI=1S/C28H29N3O5S/c29-17-20-10-12-24(13-11-20)37(35,36)30-18-23(32)15-22(14-19-6-2-1-3-7-19)28(34)31-27-25-9-5-4-8-21(25)16-26(27)33/h1-13,22-23,26-27,30,32-33H,14-16,18H2,(H,31,34)/t22-,23+,26-,27+/m1/s1. The molecule has 1 aliphatic rings. The lowest BCUT2D eigenvalue weighted by molar-refractivity contribution is -0.127. The number of carbonyl (C=O) groups excluding carboxylic acids is 1. The Kier molecular flexibility index (Phi) is 8.36. The highest BCUT2D eigenvalue weighted by Gasteiger charge is 2.34. The van der Waals surface area contributed by atoms with Crippen LogP contribution in [0.15, 0.2) is 83.8 Å². The zero-order chi connectivity index (χ0) is 26.4. The number of benzene rings is 3.